The van der Waals surface area contributed by atoms with Crippen LogP contribution in [0.4, 0.5) is 0 Å². The van der Waals surface area contributed by atoms with Gasteiger partial charge in [-0.1, -0.05) is 120 Å². The van der Waals surface area contributed by atoms with E-state index in [0.29, 0.717) is 19.3 Å². The minimum Gasteiger partial charge on any atom is -0.462 e. The first kappa shape index (κ1) is 39.6. The SMILES string of the molecule is CCCCC=CCCCCCCCC(=O)O[C@@H](CO)COC(=O)CCCC=CCC=CCC=CCC=CCCCCC. The Kier molecular flexibility index (Phi) is 31.2. The standard InChI is InChI=1S/C37H62O5/c1-3-5-7-9-11-13-15-16-17-18-19-20-22-23-25-27-29-31-36(39)41-34-35(33-38)42-37(40)32-30-28-26-24-21-14-12-10-8-6-4-2/h10-13,16-17,19-20,23,25,35,38H,3-9,14-15,18,21-22,24,26-34H2,1-2H3/t35-/m0/s1. The molecule has 0 heterocycles. The van der Waals surface area contributed by atoms with Gasteiger partial charge in [0.25, 0.3) is 0 Å². The molecule has 42 heavy (non-hydrogen) atoms. The summed E-state index contributed by atoms with van der Waals surface area (Å²) in [6.07, 6.45) is 41.3. The van der Waals surface area contributed by atoms with E-state index in [2.05, 4.69) is 74.6 Å². The monoisotopic (exact) mass is 586 g/mol. The highest BCUT2D eigenvalue weighted by molar-refractivity contribution is 5.70. The molecule has 0 amide bonds. The zero-order valence-corrected chi connectivity index (χ0v) is 27.0. The predicted molar refractivity (Wildman–Crippen MR) is 177 cm³/mol. The fourth-order valence-electron chi connectivity index (χ4n) is 4.17. The highest BCUT2D eigenvalue weighted by Crippen LogP contribution is 2.10. The third-order valence-electron chi connectivity index (χ3n) is 6.78. The van der Waals surface area contributed by atoms with Crippen molar-refractivity contribution >= 4 is 11.9 Å². The molecule has 0 aromatic carbocycles. The average molecular weight is 587 g/mol. The van der Waals surface area contributed by atoms with Gasteiger partial charge in [-0.15, -0.1) is 0 Å². The van der Waals surface area contributed by atoms with E-state index >= 15 is 0 Å². The van der Waals surface area contributed by atoms with Crippen LogP contribution in [0.2, 0.25) is 0 Å². The van der Waals surface area contributed by atoms with E-state index in [1.54, 1.807) is 0 Å². The van der Waals surface area contributed by atoms with Gasteiger partial charge in [-0.2, -0.15) is 0 Å². The number of ether oxygens (including phenoxy) is 2. The van der Waals surface area contributed by atoms with Gasteiger partial charge in [0.2, 0.25) is 0 Å². The van der Waals surface area contributed by atoms with Crippen LogP contribution in [-0.2, 0) is 19.1 Å². The molecule has 5 nitrogen and oxygen atoms in total. The number of aliphatic hydroxyl groups is 1. The maximum absolute atomic E-state index is 12.1. The average Bonchev–Trinajstić information content (AvgIpc) is 2.99. The first-order valence-electron chi connectivity index (χ1n) is 16.8. The number of carbonyl (C=O) groups excluding carboxylic acids is 2. The lowest BCUT2D eigenvalue weighted by atomic mass is 10.1. The molecule has 1 N–H and O–H groups in total. The molecule has 240 valence electrons. The quantitative estimate of drug-likeness (QED) is 0.0536. The van der Waals surface area contributed by atoms with Crippen molar-refractivity contribution in [1.82, 2.24) is 0 Å². The summed E-state index contributed by atoms with van der Waals surface area (Å²) in [4.78, 5) is 24.1. The molecule has 1 atom stereocenters. The number of allylic oxidation sites excluding steroid dienone is 10. The van der Waals surface area contributed by atoms with Gasteiger partial charge in [0.15, 0.2) is 6.10 Å². The third kappa shape index (κ3) is 30.6. The van der Waals surface area contributed by atoms with Crippen LogP contribution in [0.15, 0.2) is 60.8 Å². The Morgan fingerprint density at radius 3 is 1.60 bits per heavy atom. The Morgan fingerprint density at radius 2 is 1.00 bits per heavy atom. The van der Waals surface area contributed by atoms with E-state index < -0.39 is 6.10 Å². The van der Waals surface area contributed by atoms with Crippen molar-refractivity contribution in [1.29, 1.82) is 0 Å². The summed E-state index contributed by atoms with van der Waals surface area (Å²) >= 11 is 0. The number of carbonyl (C=O) groups is 2. The summed E-state index contributed by atoms with van der Waals surface area (Å²) < 4.78 is 10.5. The molecule has 0 radical (unpaired) electrons. The van der Waals surface area contributed by atoms with Gasteiger partial charge in [0.1, 0.15) is 6.61 Å². The van der Waals surface area contributed by atoms with Gasteiger partial charge < -0.3 is 14.6 Å². The number of aliphatic hydroxyl groups excluding tert-OH is 1. The van der Waals surface area contributed by atoms with Crippen LogP contribution < -0.4 is 0 Å². The third-order valence-corrected chi connectivity index (χ3v) is 6.78. The molecule has 0 aromatic heterocycles. The number of hydrogen-bond acceptors (Lipinski definition) is 5. The molecule has 0 aliphatic heterocycles. The van der Waals surface area contributed by atoms with Gasteiger partial charge in [0, 0.05) is 12.8 Å². The highest BCUT2D eigenvalue weighted by Gasteiger charge is 2.15. The normalized spacial score (nSPS) is 12.9. The molecule has 0 aliphatic rings. The molecule has 0 bridgehead atoms. The summed E-state index contributed by atoms with van der Waals surface area (Å²) in [5.74, 6) is -0.676. The summed E-state index contributed by atoms with van der Waals surface area (Å²) in [5, 5.41) is 9.48. The van der Waals surface area contributed by atoms with Crippen LogP contribution in [0.25, 0.3) is 0 Å². The highest BCUT2D eigenvalue weighted by atomic mass is 16.6. The van der Waals surface area contributed by atoms with Gasteiger partial charge >= 0.3 is 11.9 Å². The fraction of sp³-hybridized carbons (Fsp3) is 0.676. The molecule has 0 fully saturated rings. The maximum atomic E-state index is 12.1. The van der Waals surface area contributed by atoms with Crippen molar-refractivity contribution in [2.24, 2.45) is 0 Å². The van der Waals surface area contributed by atoms with Crippen LogP contribution >= 0.6 is 0 Å². The Balaban J connectivity index is 3.73. The number of rotatable bonds is 29. The van der Waals surface area contributed by atoms with E-state index in [9.17, 15) is 14.7 Å². The fourth-order valence-corrected chi connectivity index (χ4v) is 4.17. The van der Waals surface area contributed by atoms with E-state index in [4.69, 9.17) is 9.47 Å². The van der Waals surface area contributed by atoms with E-state index in [0.717, 1.165) is 51.4 Å². The van der Waals surface area contributed by atoms with Crippen molar-refractivity contribution in [3.05, 3.63) is 60.8 Å². The first-order valence-corrected chi connectivity index (χ1v) is 16.8. The predicted octanol–water partition coefficient (Wildman–Crippen LogP) is 10.1. The lowest BCUT2D eigenvalue weighted by molar-refractivity contribution is -0.161. The minimum atomic E-state index is -0.797. The molecule has 5 heteroatoms. The van der Waals surface area contributed by atoms with Crippen LogP contribution in [0.3, 0.4) is 0 Å². The number of hydrogen-bond donors (Lipinski definition) is 1. The molecule has 0 aromatic rings. The Hall–Kier alpha value is -2.40. The van der Waals surface area contributed by atoms with Crippen molar-refractivity contribution in [2.45, 2.75) is 148 Å². The summed E-state index contributed by atoms with van der Waals surface area (Å²) in [6, 6.07) is 0. The molecule has 0 unspecified atom stereocenters. The van der Waals surface area contributed by atoms with Gasteiger partial charge in [-0.05, 0) is 70.6 Å². The lowest BCUT2D eigenvalue weighted by Crippen LogP contribution is -2.28. The second kappa shape index (κ2) is 33.1. The van der Waals surface area contributed by atoms with Crippen molar-refractivity contribution < 1.29 is 24.2 Å². The number of unbranched alkanes of at least 4 members (excludes halogenated alkanes) is 11. The topological polar surface area (TPSA) is 72.8 Å². The van der Waals surface area contributed by atoms with Crippen molar-refractivity contribution in [3.63, 3.8) is 0 Å². The molecular weight excluding hydrogens is 524 g/mol. The molecule has 0 saturated heterocycles. The van der Waals surface area contributed by atoms with Crippen molar-refractivity contribution in [3.8, 4) is 0 Å². The molecule has 0 aliphatic carbocycles. The zero-order valence-electron chi connectivity index (χ0n) is 27.0. The molecule has 0 spiro atoms. The minimum absolute atomic E-state index is 0.100. The second-order valence-electron chi connectivity index (χ2n) is 10.9. The van der Waals surface area contributed by atoms with Crippen LogP contribution in [0.5, 0.6) is 0 Å². The first-order chi connectivity index (χ1) is 20.6. The van der Waals surface area contributed by atoms with E-state index in [1.807, 2.05) is 0 Å². The van der Waals surface area contributed by atoms with Gasteiger partial charge in [-0.3, -0.25) is 9.59 Å². The lowest BCUT2D eigenvalue weighted by Gasteiger charge is -2.15. The smallest absolute Gasteiger partial charge is 0.306 e. The van der Waals surface area contributed by atoms with Crippen LogP contribution in [-0.4, -0.2) is 36.4 Å². The van der Waals surface area contributed by atoms with Gasteiger partial charge in [-0.25, -0.2) is 0 Å². The van der Waals surface area contributed by atoms with E-state index in [-0.39, 0.29) is 25.2 Å². The Bertz CT molecular complexity index is 762. The summed E-state index contributed by atoms with van der Waals surface area (Å²) in [7, 11) is 0. The number of esters is 2. The molecule has 0 rings (SSSR count). The molecule has 0 saturated carbocycles. The summed E-state index contributed by atoms with van der Waals surface area (Å²) in [6.45, 7) is 3.98. The van der Waals surface area contributed by atoms with Crippen LogP contribution in [0.1, 0.15) is 142 Å². The second-order valence-corrected chi connectivity index (χ2v) is 10.9. The van der Waals surface area contributed by atoms with E-state index in [1.165, 1.54) is 57.8 Å². The molecular formula is C37H62O5. The summed E-state index contributed by atoms with van der Waals surface area (Å²) in [5.41, 5.74) is 0. The Labute approximate surface area is 258 Å². The Morgan fingerprint density at radius 1 is 0.548 bits per heavy atom. The van der Waals surface area contributed by atoms with Crippen LogP contribution in [0, 0.1) is 0 Å². The van der Waals surface area contributed by atoms with Gasteiger partial charge in [0.05, 0.1) is 6.61 Å². The van der Waals surface area contributed by atoms with Crippen molar-refractivity contribution in [2.75, 3.05) is 13.2 Å². The maximum Gasteiger partial charge on any atom is 0.306 e. The largest absolute Gasteiger partial charge is 0.462 e. The zero-order chi connectivity index (χ0) is 30.8.